The van der Waals surface area contributed by atoms with E-state index in [9.17, 15) is 0 Å². The van der Waals surface area contributed by atoms with Gasteiger partial charge in [0, 0.05) is 12.9 Å². The van der Waals surface area contributed by atoms with Gasteiger partial charge in [-0.05, 0) is 12.2 Å². The summed E-state index contributed by atoms with van der Waals surface area (Å²) in [6, 6.07) is 0. The van der Waals surface area contributed by atoms with E-state index >= 15 is 0 Å². The fourth-order valence-electron chi connectivity index (χ4n) is 0.411. The standard InChI is InChI=1S/C7H14OS/c1-3-4-6-9-7-5-8-2/h3H,1,4-7H2,2H3. The Balaban J connectivity index is 2.66. The van der Waals surface area contributed by atoms with Gasteiger partial charge in [-0.3, -0.25) is 0 Å². The van der Waals surface area contributed by atoms with Crippen LogP contribution in [0.1, 0.15) is 6.42 Å². The maximum atomic E-state index is 4.88. The molecule has 0 radical (unpaired) electrons. The molecule has 0 spiro atoms. The minimum atomic E-state index is 0.863. The second-order valence-electron chi connectivity index (χ2n) is 1.68. The Morgan fingerprint density at radius 1 is 1.56 bits per heavy atom. The molecular weight excluding hydrogens is 132 g/mol. The predicted molar refractivity (Wildman–Crippen MR) is 44.0 cm³/mol. The van der Waals surface area contributed by atoms with E-state index in [1.54, 1.807) is 7.11 Å². The molecule has 0 saturated carbocycles. The van der Waals surface area contributed by atoms with Crippen molar-refractivity contribution in [3.63, 3.8) is 0 Å². The normalized spacial score (nSPS) is 9.44. The summed E-state index contributed by atoms with van der Waals surface area (Å²) in [5, 5.41) is 0. The van der Waals surface area contributed by atoms with Crippen LogP contribution in [0.4, 0.5) is 0 Å². The largest absolute Gasteiger partial charge is 0.384 e. The number of ether oxygens (including phenoxy) is 1. The molecule has 0 saturated heterocycles. The van der Waals surface area contributed by atoms with Crippen molar-refractivity contribution >= 4 is 11.8 Å². The molecule has 2 heteroatoms. The molecule has 0 aliphatic rings. The van der Waals surface area contributed by atoms with Gasteiger partial charge in [-0.25, -0.2) is 0 Å². The first-order valence-electron chi connectivity index (χ1n) is 3.09. The second kappa shape index (κ2) is 8.05. The van der Waals surface area contributed by atoms with Gasteiger partial charge in [0.2, 0.25) is 0 Å². The van der Waals surface area contributed by atoms with Gasteiger partial charge in [0.15, 0.2) is 0 Å². The van der Waals surface area contributed by atoms with E-state index in [-0.39, 0.29) is 0 Å². The Morgan fingerprint density at radius 2 is 2.33 bits per heavy atom. The van der Waals surface area contributed by atoms with Gasteiger partial charge < -0.3 is 4.74 Å². The van der Waals surface area contributed by atoms with Crippen molar-refractivity contribution < 1.29 is 4.74 Å². The molecule has 0 unspecified atom stereocenters. The molecule has 0 aliphatic carbocycles. The summed E-state index contributed by atoms with van der Waals surface area (Å²) in [5.41, 5.74) is 0. The third-order valence-electron chi connectivity index (χ3n) is 0.898. The van der Waals surface area contributed by atoms with Crippen LogP contribution in [0.25, 0.3) is 0 Å². The van der Waals surface area contributed by atoms with Crippen LogP contribution in [0.3, 0.4) is 0 Å². The topological polar surface area (TPSA) is 9.23 Å². The third kappa shape index (κ3) is 8.05. The highest BCUT2D eigenvalue weighted by molar-refractivity contribution is 7.99. The van der Waals surface area contributed by atoms with E-state index in [0.717, 1.165) is 18.8 Å². The minimum Gasteiger partial charge on any atom is -0.384 e. The third-order valence-corrected chi connectivity index (χ3v) is 1.88. The molecule has 0 aliphatic heterocycles. The van der Waals surface area contributed by atoms with Crippen LogP contribution in [0.15, 0.2) is 12.7 Å². The molecule has 0 aromatic carbocycles. The Bertz CT molecular complexity index is 63.9. The van der Waals surface area contributed by atoms with Crippen molar-refractivity contribution in [3.05, 3.63) is 12.7 Å². The Labute approximate surface area is 61.5 Å². The zero-order chi connectivity index (χ0) is 6.95. The summed E-state index contributed by atoms with van der Waals surface area (Å²) in [7, 11) is 1.73. The Morgan fingerprint density at radius 3 is 2.89 bits per heavy atom. The first-order chi connectivity index (χ1) is 4.41. The molecule has 0 fully saturated rings. The van der Waals surface area contributed by atoms with Crippen LogP contribution in [0, 0.1) is 0 Å². The molecule has 0 N–H and O–H groups in total. The van der Waals surface area contributed by atoms with Gasteiger partial charge in [-0.1, -0.05) is 6.08 Å². The zero-order valence-electron chi connectivity index (χ0n) is 5.93. The highest BCUT2D eigenvalue weighted by Gasteiger charge is 1.84. The molecule has 0 aromatic heterocycles. The van der Waals surface area contributed by atoms with Gasteiger partial charge in [-0.15, -0.1) is 6.58 Å². The summed E-state index contributed by atoms with van der Waals surface area (Å²) in [4.78, 5) is 0. The first kappa shape index (κ1) is 9.05. The lowest BCUT2D eigenvalue weighted by Crippen LogP contribution is -1.91. The summed E-state index contributed by atoms with van der Waals surface area (Å²) >= 11 is 1.91. The van der Waals surface area contributed by atoms with Crippen LogP contribution in [-0.2, 0) is 4.74 Å². The summed E-state index contributed by atoms with van der Waals surface area (Å²) in [5.74, 6) is 2.28. The van der Waals surface area contributed by atoms with E-state index in [0.29, 0.717) is 0 Å². The summed E-state index contributed by atoms with van der Waals surface area (Å²) in [6.45, 7) is 4.50. The lowest BCUT2D eigenvalue weighted by Gasteiger charge is -1.96. The molecule has 0 rings (SSSR count). The molecule has 1 nitrogen and oxygen atoms in total. The SMILES string of the molecule is C=CCCSCCOC. The van der Waals surface area contributed by atoms with Crippen LogP contribution in [-0.4, -0.2) is 25.2 Å². The zero-order valence-corrected chi connectivity index (χ0v) is 6.75. The van der Waals surface area contributed by atoms with Gasteiger partial charge >= 0.3 is 0 Å². The summed E-state index contributed by atoms with van der Waals surface area (Å²) < 4.78 is 4.88. The highest BCUT2D eigenvalue weighted by atomic mass is 32.2. The average Bonchev–Trinajstić information content (AvgIpc) is 1.89. The molecule has 54 valence electrons. The lowest BCUT2D eigenvalue weighted by molar-refractivity contribution is 0.218. The first-order valence-corrected chi connectivity index (χ1v) is 4.25. The minimum absolute atomic E-state index is 0.863. The highest BCUT2D eigenvalue weighted by Crippen LogP contribution is 2.01. The van der Waals surface area contributed by atoms with Crippen molar-refractivity contribution in [1.29, 1.82) is 0 Å². The van der Waals surface area contributed by atoms with Crippen molar-refractivity contribution in [2.75, 3.05) is 25.2 Å². The molecule has 0 atom stereocenters. The van der Waals surface area contributed by atoms with E-state index in [4.69, 9.17) is 4.74 Å². The fraction of sp³-hybridized carbons (Fsp3) is 0.714. The van der Waals surface area contributed by atoms with E-state index in [2.05, 4.69) is 6.58 Å². The molecular formula is C7H14OS. The molecule has 0 heterocycles. The maximum absolute atomic E-state index is 4.88. The molecule has 0 aromatic rings. The van der Waals surface area contributed by atoms with E-state index < -0.39 is 0 Å². The molecule has 9 heavy (non-hydrogen) atoms. The quantitative estimate of drug-likeness (QED) is 0.418. The van der Waals surface area contributed by atoms with Crippen LogP contribution < -0.4 is 0 Å². The molecule has 0 bridgehead atoms. The van der Waals surface area contributed by atoms with Gasteiger partial charge in [0.1, 0.15) is 0 Å². The molecule has 0 amide bonds. The van der Waals surface area contributed by atoms with Crippen LogP contribution >= 0.6 is 11.8 Å². The predicted octanol–water partition coefficient (Wildman–Crippen LogP) is 1.94. The number of allylic oxidation sites excluding steroid dienone is 1. The smallest absolute Gasteiger partial charge is 0.0552 e. The van der Waals surface area contributed by atoms with E-state index in [1.807, 2.05) is 17.8 Å². The van der Waals surface area contributed by atoms with E-state index in [1.165, 1.54) is 5.75 Å². The maximum Gasteiger partial charge on any atom is 0.0552 e. The van der Waals surface area contributed by atoms with Crippen molar-refractivity contribution in [1.82, 2.24) is 0 Å². The number of hydrogen-bond acceptors (Lipinski definition) is 2. The van der Waals surface area contributed by atoms with Crippen molar-refractivity contribution in [3.8, 4) is 0 Å². The average molecular weight is 146 g/mol. The Kier molecular flexibility index (Phi) is 8.09. The van der Waals surface area contributed by atoms with Gasteiger partial charge in [-0.2, -0.15) is 11.8 Å². The van der Waals surface area contributed by atoms with Crippen molar-refractivity contribution in [2.24, 2.45) is 0 Å². The number of hydrogen-bond donors (Lipinski definition) is 0. The van der Waals surface area contributed by atoms with Crippen molar-refractivity contribution in [2.45, 2.75) is 6.42 Å². The van der Waals surface area contributed by atoms with Crippen LogP contribution in [0.5, 0.6) is 0 Å². The lowest BCUT2D eigenvalue weighted by atomic mass is 10.5. The summed E-state index contributed by atoms with van der Waals surface area (Å²) in [6.07, 6.45) is 3.05. The number of rotatable bonds is 6. The fourth-order valence-corrected chi connectivity index (χ4v) is 1.23. The second-order valence-corrected chi connectivity index (χ2v) is 2.91. The van der Waals surface area contributed by atoms with Gasteiger partial charge in [0.05, 0.1) is 6.61 Å². The Hall–Kier alpha value is 0.0500. The monoisotopic (exact) mass is 146 g/mol. The number of methoxy groups -OCH3 is 1. The number of thioether (sulfide) groups is 1. The van der Waals surface area contributed by atoms with Crippen LogP contribution in [0.2, 0.25) is 0 Å². The van der Waals surface area contributed by atoms with Gasteiger partial charge in [0.25, 0.3) is 0 Å².